The highest BCUT2D eigenvalue weighted by molar-refractivity contribution is 5.83. The molecule has 4 aromatic rings. The van der Waals surface area contributed by atoms with Gasteiger partial charge in [0.25, 0.3) is 0 Å². The average molecular weight is 392 g/mol. The van der Waals surface area contributed by atoms with Crippen LogP contribution < -0.4 is 11.0 Å². The number of aryl methyl sites for hydroxylation is 4. The Morgan fingerprint density at radius 2 is 1.83 bits per heavy atom. The smallest absolute Gasteiger partial charge is 0.350 e. The van der Waals surface area contributed by atoms with E-state index in [9.17, 15) is 9.59 Å². The zero-order valence-electron chi connectivity index (χ0n) is 16.8. The molecule has 1 amide bonds. The summed E-state index contributed by atoms with van der Waals surface area (Å²) >= 11 is 0. The number of rotatable bonds is 6. The van der Waals surface area contributed by atoms with Crippen LogP contribution >= 0.6 is 0 Å². The molecule has 0 aliphatic heterocycles. The molecule has 0 atom stereocenters. The zero-order valence-corrected chi connectivity index (χ0v) is 16.8. The second-order valence-electron chi connectivity index (χ2n) is 7.30. The molecule has 0 unspecified atom stereocenters. The highest BCUT2D eigenvalue weighted by Crippen LogP contribution is 2.17. The van der Waals surface area contributed by atoms with Gasteiger partial charge < -0.3 is 5.32 Å². The molecule has 29 heavy (non-hydrogen) atoms. The molecule has 150 valence electrons. The number of carbonyl (C=O) groups excluding carboxylic acids is 1. The summed E-state index contributed by atoms with van der Waals surface area (Å²) in [6, 6.07) is 11.8. The van der Waals surface area contributed by atoms with Crippen molar-refractivity contribution in [3.63, 3.8) is 0 Å². The van der Waals surface area contributed by atoms with Gasteiger partial charge >= 0.3 is 5.69 Å². The normalized spacial score (nSPS) is 11.4. The Kier molecular flexibility index (Phi) is 4.92. The molecule has 0 radical (unpaired) electrons. The van der Waals surface area contributed by atoms with E-state index in [1.54, 1.807) is 4.40 Å². The number of benzene rings is 1. The lowest BCUT2D eigenvalue weighted by molar-refractivity contribution is -0.121. The maximum atomic E-state index is 12.9. The van der Waals surface area contributed by atoms with Crippen LogP contribution in [0.2, 0.25) is 0 Å². The quantitative estimate of drug-likeness (QED) is 0.544. The van der Waals surface area contributed by atoms with Gasteiger partial charge in [-0.15, -0.1) is 5.10 Å². The summed E-state index contributed by atoms with van der Waals surface area (Å²) in [5, 5.41) is 12.7. The third-order valence-corrected chi connectivity index (χ3v) is 5.04. The third-order valence-electron chi connectivity index (χ3n) is 5.04. The number of hydrogen-bond donors (Lipinski definition) is 1. The molecule has 8 nitrogen and oxygen atoms in total. The summed E-state index contributed by atoms with van der Waals surface area (Å²) in [6.45, 7) is 7.04. The molecule has 0 aliphatic rings. The summed E-state index contributed by atoms with van der Waals surface area (Å²) in [6.07, 6.45) is 0.339. The van der Waals surface area contributed by atoms with Crippen LogP contribution in [-0.2, 0) is 17.9 Å². The minimum Gasteiger partial charge on any atom is -0.354 e. The fraction of sp³-hybridized carbons (Fsp3) is 0.333. The molecule has 0 saturated heterocycles. The minimum absolute atomic E-state index is 0.0732. The fourth-order valence-corrected chi connectivity index (χ4v) is 3.64. The maximum Gasteiger partial charge on any atom is 0.350 e. The molecule has 8 heteroatoms. The van der Waals surface area contributed by atoms with Gasteiger partial charge in [-0.3, -0.25) is 9.48 Å². The Bertz CT molecular complexity index is 1260. The summed E-state index contributed by atoms with van der Waals surface area (Å²) < 4.78 is 4.88. The van der Waals surface area contributed by atoms with Crippen LogP contribution in [0.15, 0.2) is 41.2 Å². The van der Waals surface area contributed by atoms with Crippen LogP contribution in [0.5, 0.6) is 0 Å². The molecule has 1 N–H and O–H groups in total. The first-order valence-corrected chi connectivity index (χ1v) is 9.70. The number of nitrogens with zero attached hydrogens (tertiary/aromatic N) is 5. The molecule has 3 heterocycles. The largest absolute Gasteiger partial charge is 0.354 e. The number of amides is 1. The Balaban J connectivity index is 1.43. The Labute approximate surface area is 167 Å². The number of hydrogen-bond acceptors (Lipinski definition) is 4. The number of pyridine rings is 1. The van der Waals surface area contributed by atoms with Crippen LogP contribution in [-0.4, -0.2) is 36.4 Å². The summed E-state index contributed by atoms with van der Waals surface area (Å²) in [4.78, 5) is 25.0. The van der Waals surface area contributed by atoms with Gasteiger partial charge in [0.15, 0.2) is 5.65 Å². The number of fused-ring (bicyclic) bond motifs is 3. The predicted molar refractivity (Wildman–Crippen MR) is 111 cm³/mol. The van der Waals surface area contributed by atoms with E-state index in [0.717, 1.165) is 27.9 Å². The van der Waals surface area contributed by atoms with Gasteiger partial charge in [0, 0.05) is 25.2 Å². The van der Waals surface area contributed by atoms with Crippen molar-refractivity contribution in [1.82, 2.24) is 29.3 Å². The van der Waals surface area contributed by atoms with Gasteiger partial charge in [-0.25, -0.2) is 13.9 Å². The van der Waals surface area contributed by atoms with Crippen LogP contribution in [0.4, 0.5) is 0 Å². The Morgan fingerprint density at radius 3 is 2.59 bits per heavy atom. The zero-order chi connectivity index (χ0) is 20.5. The first-order valence-electron chi connectivity index (χ1n) is 9.70. The topological polar surface area (TPSA) is 86.2 Å². The second kappa shape index (κ2) is 7.54. The van der Waals surface area contributed by atoms with Crippen LogP contribution in [0.1, 0.15) is 23.4 Å². The van der Waals surface area contributed by atoms with Gasteiger partial charge in [-0.2, -0.15) is 5.10 Å². The minimum atomic E-state index is -0.197. The van der Waals surface area contributed by atoms with Gasteiger partial charge in [-0.1, -0.05) is 18.2 Å². The van der Waals surface area contributed by atoms with E-state index < -0.39 is 0 Å². The number of aromatic nitrogens is 5. The van der Waals surface area contributed by atoms with Crippen LogP contribution in [0.25, 0.3) is 16.6 Å². The lowest BCUT2D eigenvalue weighted by atomic mass is 10.1. The summed E-state index contributed by atoms with van der Waals surface area (Å²) in [5.41, 5.74) is 4.19. The van der Waals surface area contributed by atoms with Crippen molar-refractivity contribution in [1.29, 1.82) is 0 Å². The first-order chi connectivity index (χ1) is 13.9. The van der Waals surface area contributed by atoms with E-state index in [4.69, 9.17) is 0 Å². The molecule has 0 saturated carbocycles. The van der Waals surface area contributed by atoms with Crippen LogP contribution in [0.3, 0.4) is 0 Å². The van der Waals surface area contributed by atoms with Gasteiger partial charge in [0.2, 0.25) is 5.91 Å². The number of nitrogens with one attached hydrogen (secondary N) is 1. The molecule has 0 fully saturated rings. The predicted octanol–water partition coefficient (Wildman–Crippen LogP) is 1.98. The summed E-state index contributed by atoms with van der Waals surface area (Å²) in [7, 11) is 0. The second-order valence-corrected chi connectivity index (χ2v) is 7.30. The van der Waals surface area contributed by atoms with Crippen molar-refractivity contribution >= 4 is 22.5 Å². The molecule has 0 spiro atoms. The molecular weight excluding hydrogens is 368 g/mol. The molecule has 1 aromatic carbocycles. The van der Waals surface area contributed by atoms with E-state index in [1.165, 1.54) is 4.68 Å². The monoisotopic (exact) mass is 392 g/mol. The van der Waals surface area contributed by atoms with Crippen molar-refractivity contribution in [2.75, 3.05) is 6.54 Å². The van der Waals surface area contributed by atoms with Crippen molar-refractivity contribution in [2.45, 2.75) is 40.3 Å². The molecule has 0 bridgehead atoms. The number of carbonyl (C=O) groups is 1. The van der Waals surface area contributed by atoms with E-state index >= 15 is 0 Å². The molecule has 4 rings (SSSR count). The van der Waals surface area contributed by atoms with Crippen molar-refractivity contribution in [3.8, 4) is 0 Å². The number of para-hydroxylation sites is 1. The lowest BCUT2D eigenvalue weighted by Gasteiger charge is -2.06. The lowest BCUT2D eigenvalue weighted by Crippen LogP contribution is -2.31. The standard InChI is InChI=1S/C21H24N6O2/c1-14-12-17-6-4-5-7-18(17)27-20(14)24-26(21(27)29)11-9-22-19(28)8-10-25-16(3)13-15(2)23-25/h4-7,12-13H,8-11H2,1-3H3,(H,22,28). The first kappa shape index (κ1) is 18.9. The van der Waals surface area contributed by atoms with E-state index in [0.29, 0.717) is 31.7 Å². The third kappa shape index (κ3) is 3.65. The maximum absolute atomic E-state index is 12.9. The molecule has 3 aromatic heterocycles. The van der Waals surface area contributed by atoms with Crippen molar-refractivity contribution < 1.29 is 4.79 Å². The van der Waals surface area contributed by atoms with E-state index in [1.807, 2.05) is 61.9 Å². The van der Waals surface area contributed by atoms with Crippen molar-refractivity contribution in [2.24, 2.45) is 0 Å². The average Bonchev–Trinajstić information content (AvgIpc) is 3.19. The van der Waals surface area contributed by atoms with Crippen LogP contribution in [0, 0.1) is 20.8 Å². The fourth-order valence-electron chi connectivity index (χ4n) is 3.64. The molecule has 0 aliphatic carbocycles. The summed E-state index contributed by atoms with van der Waals surface area (Å²) in [5.74, 6) is -0.0732. The Morgan fingerprint density at radius 1 is 1.03 bits per heavy atom. The van der Waals surface area contributed by atoms with Gasteiger partial charge in [0.05, 0.1) is 17.8 Å². The Hall–Kier alpha value is -3.42. The van der Waals surface area contributed by atoms with Gasteiger partial charge in [-0.05, 0) is 49.9 Å². The van der Waals surface area contributed by atoms with Gasteiger partial charge in [0.1, 0.15) is 0 Å². The molecular formula is C21H24N6O2. The van der Waals surface area contributed by atoms with E-state index in [-0.39, 0.29) is 11.6 Å². The SMILES string of the molecule is Cc1cc(C)n(CCC(=O)NCCn2nc3c(C)cc4ccccc4n3c2=O)n1. The highest BCUT2D eigenvalue weighted by Gasteiger charge is 2.13. The van der Waals surface area contributed by atoms with Crippen molar-refractivity contribution in [3.05, 3.63) is 63.8 Å². The highest BCUT2D eigenvalue weighted by atomic mass is 16.2. The van der Waals surface area contributed by atoms with E-state index in [2.05, 4.69) is 15.5 Å².